The molecule has 1 atom stereocenters. The van der Waals surface area contributed by atoms with Gasteiger partial charge in [-0.2, -0.15) is 0 Å². The summed E-state index contributed by atoms with van der Waals surface area (Å²) >= 11 is 0. The normalized spacial score (nSPS) is 16.2. The lowest BCUT2D eigenvalue weighted by Gasteiger charge is -2.31. The minimum Gasteiger partial charge on any atom is -0.386 e. The minimum absolute atomic E-state index is 0.0442. The van der Waals surface area contributed by atoms with Crippen LogP contribution in [-0.2, 0) is 5.60 Å². The van der Waals surface area contributed by atoms with Gasteiger partial charge in [0.05, 0.1) is 17.0 Å². The Morgan fingerprint density at radius 3 is 2.18 bits per heavy atom. The Hall–Kier alpha value is -2.89. The van der Waals surface area contributed by atoms with Crippen molar-refractivity contribution < 1.29 is 10.2 Å². The molecule has 2 N–H and O–H groups in total. The number of fused-ring (bicyclic) bond motifs is 1. The van der Waals surface area contributed by atoms with Crippen LogP contribution in [0, 0.1) is 19.3 Å². The Bertz CT molecular complexity index is 1220. The van der Waals surface area contributed by atoms with E-state index in [0.717, 1.165) is 57.1 Å². The zero-order valence-corrected chi connectivity index (χ0v) is 21.6. The predicted octanol–water partition coefficient (Wildman–Crippen LogP) is 5.84. The highest BCUT2D eigenvalue weighted by atomic mass is 16.3. The molecule has 1 aromatic heterocycles. The van der Waals surface area contributed by atoms with Crippen LogP contribution in [0.2, 0.25) is 0 Å². The fraction of sp³-hybridized carbons (Fsp3) is 0.414. The Labute approximate surface area is 203 Å². The van der Waals surface area contributed by atoms with Crippen molar-refractivity contribution >= 4 is 11.5 Å². The van der Waals surface area contributed by atoms with Gasteiger partial charge < -0.3 is 20.0 Å². The van der Waals surface area contributed by atoms with Gasteiger partial charge in [-0.3, -0.25) is 0 Å². The van der Waals surface area contributed by atoms with Gasteiger partial charge in [0.2, 0.25) is 6.35 Å². The molecule has 4 rings (SSSR count). The van der Waals surface area contributed by atoms with Crippen LogP contribution in [-0.4, -0.2) is 35.1 Å². The number of aliphatic hydroxyl groups excluding tert-OH is 1. The zero-order valence-electron chi connectivity index (χ0n) is 21.6. The number of pyridine rings is 1. The van der Waals surface area contributed by atoms with E-state index in [2.05, 4.69) is 71.0 Å². The molecule has 5 heteroatoms. The molecule has 3 aromatic rings. The molecule has 34 heavy (non-hydrogen) atoms. The Kier molecular flexibility index (Phi) is 5.99. The van der Waals surface area contributed by atoms with E-state index in [9.17, 15) is 10.2 Å². The molecular formula is C29H37N3O2. The summed E-state index contributed by atoms with van der Waals surface area (Å²) in [5.74, 6) is 0.791. The Morgan fingerprint density at radius 1 is 0.882 bits per heavy atom. The van der Waals surface area contributed by atoms with Crippen molar-refractivity contribution in [2.24, 2.45) is 5.41 Å². The molecule has 0 bridgehead atoms. The fourth-order valence-electron chi connectivity index (χ4n) is 4.57. The molecule has 0 saturated heterocycles. The smallest absolute Gasteiger partial charge is 0.208 e. The summed E-state index contributed by atoms with van der Waals surface area (Å²) in [5.41, 5.74) is 7.42. The van der Waals surface area contributed by atoms with Crippen molar-refractivity contribution in [3.63, 3.8) is 0 Å². The van der Waals surface area contributed by atoms with E-state index < -0.39 is 12.0 Å². The maximum atomic E-state index is 10.9. The highest BCUT2D eigenvalue weighted by Crippen LogP contribution is 2.40. The lowest BCUT2D eigenvalue weighted by molar-refractivity contribution is 0.0786. The highest BCUT2D eigenvalue weighted by Gasteiger charge is 2.35. The maximum Gasteiger partial charge on any atom is 0.208 e. The van der Waals surface area contributed by atoms with Crippen molar-refractivity contribution in [3.8, 4) is 22.4 Å². The molecule has 5 nitrogen and oxygen atoms in total. The van der Waals surface area contributed by atoms with Crippen molar-refractivity contribution in [1.29, 1.82) is 0 Å². The lowest BCUT2D eigenvalue weighted by Crippen LogP contribution is -2.44. The quantitative estimate of drug-likeness (QED) is 0.513. The molecule has 0 radical (unpaired) electrons. The maximum absolute atomic E-state index is 10.9. The van der Waals surface area contributed by atoms with E-state index in [1.165, 1.54) is 0 Å². The van der Waals surface area contributed by atoms with E-state index >= 15 is 0 Å². The van der Waals surface area contributed by atoms with Gasteiger partial charge in [0.1, 0.15) is 0 Å². The van der Waals surface area contributed by atoms with E-state index in [1.807, 2.05) is 42.8 Å². The van der Waals surface area contributed by atoms with Crippen LogP contribution < -0.4 is 9.80 Å². The molecule has 0 aliphatic carbocycles. The summed E-state index contributed by atoms with van der Waals surface area (Å²) in [7, 11) is 1.89. The standard InChI is InChI=1S/C29H37N3O2/c1-18-10-12-21(29(6,7)34)16-22(18)20-11-9-19(2)23(15-20)24-13-14-25-26(30-24)31(8)27(33)32(25)17-28(3,4)5/h9-16,27,33-34H,17H2,1-8H3/t27-/m0/s1. The van der Waals surface area contributed by atoms with Gasteiger partial charge in [-0.15, -0.1) is 0 Å². The first kappa shape index (κ1) is 24.2. The Balaban J connectivity index is 1.78. The van der Waals surface area contributed by atoms with Gasteiger partial charge in [0.25, 0.3) is 0 Å². The van der Waals surface area contributed by atoms with Crippen LogP contribution in [0.4, 0.5) is 11.5 Å². The SMILES string of the molecule is Cc1ccc(C(C)(C)O)cc1-c1ccc(C)c(-c2ccc3c(n2)N(C)[C@H](O)N3CC(C)(C)C)c1. The summed E-state index contributed by atoms with van der Waals surface area (Å²) < 4.78 is 0. The topological polar surface area (TPSA) is 59.8 Å². The van der Waals surface area contributed by atoms with Crippen LogP contribution in [0.3, 0.4) is 0 Å². The van der Waals surface area contributed by atoms with Crippen molar-refractivity contribution in [3.05, 3.63) is 65.2 Å². The molecule has 2 aromatic carbocycles. The minimum atomic E-state index is -0.901. The average Bonchev–Trinajstić information content (AvgIpc) is 2.97. The van der Waals surface area contributed by atoms with Gasteiger partial charge in [0.15, 0.2) is 5.82 Å². The lowest BCUT2D eigenvalue weighted by atomic mass is 9.90. The second-order valence-corrected chi connectivity index (χ2v) is 11.3. The van der Waals surface area contributed by atoms with Crippen LogP contribution in [0.1, 0.15) is 51.3 Å². The number of anilines is 2. The third-order valence-electron chi connectivity index (χ3n) is 6.54. The Morgan fingerprint density at radius 2 is 1.53 bits per heavy atom. The molecule has 0 fully saturated rings. The summed E-state index contributed by atoms with van der Waals surface area (Å²) in [6, 6.07) is 16.7. The van der Waals surface area contributed by atoms with Crippen LogP contribution in [0.5, 0.6) is 0 Å². The molecule has 1 aliphatic heterocycles. The number of rotatable bonds is 4. The van der Waals surface area contributed by atoms with E-state index in [4.69, 9.17) is 4.98 Å². The monoisotopic (exact) mass is 459 g/mol. The number of nitrogens with zero attached hydrogens (tertiary/aromatic N) is 3. The molecular weight excluding hydrogens is 422 g/mol. The number of hydrogen-bond acceptors (Lipinski definition) is 5. The molecule has 0 spiro atoms. The van der Waals surface area contributed by atoms with E-state index in [-0.39, 0.29) is 5.41 Å². The van der Waals surface area contributed by atoms with Crippen molar-refractivity contribution in [1.82, 2.24) is 4.98 Å². The molecule has 0 amide bonds. The number of aliphatic hydroxyl groups is 2. The summed E-state index contributed by atoms with van der Waals surface area (Å²) in [6.45, 7) is 15.1. The molecule has 180 valence electrons. The zero-order chi connectivity index (χ0) is 25.0. The molecule has 2 heterocycles. The third-order valence-corrected chi connectivity index (χ3v) is 6.54. The van der Waals surface area contributed by atoms with Gasteiger partial charge in [0, 0.05) is 19.2 Å². The van der Waals surface area contributed by atoms with Gasteiger partial charge in [-0.05, 0) is 85.2 Å². The van der Waals surface area contributed by atoms with Crippen LogP contribution in [0.15, 0.2) is 48.5 Å². The van der Waals surface area contributed by atoms with Gasteiger partial charge in [-0.25, -0.2) is 4.98 Å². The fourth-order valence-corrected chi connectivity index (χ4v) is 4.57. The number of aryl methyl sites for hydroxylation is 2. The van der Waals surface area contributed by atoms with Gasteiger partial charge in [-0.1, -0.05) is 45.0 Å². The van der Waals surface area contributed by atoms with Gasteiger partial charge >= 0.3 is 0 Å². The first-order valence-electron chi connectivity index (χ1n) is 11.9. The summed E-state index contributed by atoms with van der Waals surface area (Å²) in [5, 5.41) is 21.4. The second kappa shape index (κ2) is 8.40. The largest absolute Gasteiger partial charge is 0.386 e. The molecule has 0 saturated carbocycles. The number of benzene rings is 2. The highest BCUT2D eigenvalue weighted by molar-refractivity contribution is 5.80. The average molecular weight is 460 g/mol. The predicted molar refractivity (Wildman–Crippen MR) is 141 cm³/mol. The molecule has 0 unspecified atom stereocenters. The van der Waals surface area contributed by atoms with Crippen LogP contribution in [0.25, 0.3) is 22.4 Å². The van der Waals surface area contributed by atoms with E-state index in [1.54, 1.807) is 0 Å². The summed E-state index contributed by atoms with van der Waals surface area (Å²) in [4.78, 5) is 8.84. The summed E-state index contributed by atoms with van der Waals surface area (Å²) in [6.07, 6.45) is -0.725. The van der Waals surface area contributed by atoms with Crippen LogP contribution >= 0.6 is 0 Å². The van der Waals surface area contributed by atoms with Crippen molar-refractivity contribution in [2.45, 2.75) is 60.4 Å². The first-order valence-corrected chi connectivity index (χ1v) is 11.9. The van der Waals surface area contributed by atoms with E-state index in [0.29, 0.717) is 0 Å². The number of hydrogen-bond donors (Lipinski definition) is 2. The molecule has 1 aliphatic rings. The number of aromatic nitrogens is 1. The third kappa shape index (κ3) is 4.55. The first-order chi connectivity index (χ1) is 15.8. The second-order valence-electron chi connectivity index (χ2n) is 11.3. The van der Waals surface area contributed by atoms with Crippen molar-refractivity contribution in [2.75, 3.05) is 23.4 Å².